The third-order valence-electron chi connectivity index (χ3n) is 4.34. The number of ether oxygens (including phenoxy) is 2. The second-order valence-electron chi connectivity index (χ2n) is 5.68. The van der Waals surface area contributed by atoms with Crippen LogP contribution in [0.2, 0.25) is 0 Å². The van der Waals surface area contributed by atoms with Crippen molar-refractivity contribution >= 4 is 11.3 Å². The summed E-state index contributed by atoms with van der Waals surface area (Å²) in [5.41, 5.74) is 0.197. The van der Waals surface area contributed by atoms with Crippen molar-refractivity contribution in [1.82, 2.24) is 9.88 Å². The topological polar surface area (TPSA) is 34.6 Å². The SMILES string of the molecule is COC[C@@]12CCCO[C@@H]1CCN(Cc1nccs1)C2. The first kappa shape index (κ1) is 13.5. The van der Waals surface area contributed by atoms with E-state index in [1.807, 2.05) is 6.20 Å². The normalized spacial score (nSPS) is 32.2. The molecule has 2 aliphatic rings. The number of fused-ring (bicyclic) bond motifs is 1. The lowest BCUT2D eigenvalue weighted by atomic mass is 9.73. The Kier molecular flexibility index (Phi) is 4.17. The lowest BCUT2D eigenvalue weighted by molar-refractivity contribution is -0.149. The number of rotatable bonds is 4. The second kappa shape index (κ2) is 5.87. The van der Waals surface area contributed by atoms with E-state index in [4.69, 9.17) is 9.47 Å². The van der Waals surface area contributed by atoms with Gasteiger partial charge >= 0.3 is 0 Å². The van der Waals surface area contributed by atoms with Gasteiger partial charge in [-0.25, -0.2) is 4.98 Å². The van der Waals surface area contributed by atoms with Crippen LogP contribution in [0.4, 0.5) is 0 Å². The third kappa shape index (κ3) is 2.84. The van der Waals surface area contributed by atoms with Gasteiger partial charge in [0.25, 0.3) is 0 Å². The van der Waals surface area contributed by atoms with E-state index in [-0.39, 0.29) is 5.41 Å². The fourth-order valence-electron chi connectivity index (χ4n) is 3.54. The lowest BCUT2D eigenvalue weighted by Crippen LogP contribution is -2.56. The summed E-state index contributed by atoms with van der Waals surface area (Å²) in [5.74, 6) is 0. The molecule has 1 aromatic heterocycles. The number of likely N-dealkylation sites (tertiary alicyclic amines) is 1. The molecular weight excluding hydrogens is 260 g/mol. The number of nitrogens with zero attached hydrogens (tertiary/aromatic N) is 2. The molecular formula is C14H22N2O2S. The molecule has 0 aromatic carbocycles. The zero-order chi connectivity index (χ0) is 13.1. The van der Waals surface area contributed by atoms with Gasteiger partial charge in [0.1, 0.15) is 5.01 Å². The Labute approximate surface area is 118 Å². The van der Waals surface area contributed by atoms with Crippen molar-refractivity contribution in [3.05, 3.63) is 16.6 Å². The summed E-state index contributed by atoms with van der Waals surface area (Å²) in [7, 11) is 1.81. The van der Waals surface area contributed by atoms with Gasteiger partial charge in [0.2, 0.25) is 0 Å². The minimum absolute atomic E-state index is 0.197. The van der Waals surface area contributed by atoms with Crippen molar-refractivity contribution in [2.45, 2.75) is 31.9 Å². The van der Waals surface area contributed by atoms with Gasteiger partial charge in [0.15, 0.2) is 0 Å². The summed E-state index contributed by atoms with van der Waals surface area (Å²) in [4.78, 5) is 6.91. The minimum atomic E-state index is 0.197. The highest BCUT2D eigenvalue weighted by molar-refractivity contribution is 7.09. The van der Waals surface area contributed by atoms with Crippen molar-refractivity contribution in [3.8, 4) is 0 Å². The lowest BCUT2D eigenvalue weighted by Gasteiger charge is -2.50. The molecule has 0 aliphatic carbocycles. The predicted molar refractivity (Wildman–Crippen MR) is 75.3 cm³/mol. The molecule has 0 saturated carbocycles. The Balaban J connectivity index is 1.69. The van der Waals surface area contributed by atoms with Gasteiger partial charge < -0.3 is 9.47 Å². The van der Waals surface area contributed by atoms with Crippen LogP contribution in [-0.4, -0.2) is 49.4 Å². The van der Waals surface area contributed by atoms with Crippen LogP contribution >= 0.6 is 11.3 Å². The fraction of sp³-hybridized carbons (Fsp3) is 0.786. The number of piperidine rings is 1. The van der Waals surface area contributed by atoms with Gasteiger partial charge in [0, 0.05) is 43.8 Å². The zero-order valence-corrected chi connectivity index (χ0v) is 12.3. The Morgan fingerprint density at radius 2 is 2.58 bits per heavy atom. The number of hydrogen-bond acceptors (Lipinski definition) is 5. The van der Waals surface area contributed by atoms with Gasteiger partial charge in [-0.15, -0.1) is 11.3 Å². The molecule has 19 heavy (non-hydrogen) atoms. The van der Waals surface area contributed by atoms with Crippen LogP contribution < -0.4 is 0 Å². The molecule has 106 valence electrons. The molecule has 0 radical (unpaired) electrons. The summed E-state index contributed by atoms with van der Waals surface area (Å²) in [6, 6.07) is 0. The maximum Gasteiger partial charge on any atom is 0.107 e. The van der Waals surface area contributed by atoms with E-state index in [1.165, 1.54) is 11.4 Å². The van der Waals surface area contributed by atoms with E-state index in [0.717, 1.165) is 45.7 Å². The van der Waals surface area contributed by atoms with Crippen LogP contribution in [0.25, 0.3) is 0 Å². The number of aromatic nitrogens is 1. The van der Waals surface area contributed by atoms with E-state index in [2.05, 4.69) is 15.3 Å². The summed E-state index contributed by atoms with van der Waals surface area (Å²) >= 11 is 1.74. The second-order valence-corrected chi connectivity index (χ2v) is 6.66. The largest absolute Gasteiger partial charge is 0.384 e. The molecule has 0 spiro atoms. The molecule has 2 fully saturated rings. The number of thiazole rings is 1. The highest BCUT2D eigenvalue weighted by Crippen LogP contribution is 2.40. The molecule has 4 nitrogen and oxygen atoms in total. The van der Waals surface area contributed by atoms with Crippen molar-refractivity contribution in [2.75, 3.05) is 33.4 Å². The molecule has 0 unspecified atom stereocenters. The Morgan fingerprint density at radius 1 is 1.63 bits per heavy atom. The van der Waals surface area contributed by atoms with Gasteiger partial charge in [-0.05, 0) is 19.3 Å². The Morgan fingerprint density at radius 3 is 3.37 bits per heavy atom. The van der Waals surface area contributed by atoms with Gasteiger partial charge in [0.05, 0.1) is 19.3 Å². The molecule has 0 bridgehead atoms. The van der Waals surface area contributed by atoms with Crippen molar-refractivity contribution in [1.29, 1.82) is 0 Å². The quantitative estimate of drug-likeness (QED) is 0.847. The van der Waals surface area contributed by atoms with Crippen LogP contribution in [0.3, 0.4) is 0 Å². The van der Waals surface area contributed by atoms with Crippen LogP contribution in [0.1, 0.15) is 24.3 Å². The average Bonchev–Trinajstić information content (AvgIpc) is 2.91. The van der Waals surface area contributed by atoms with Crippen LogP contribution in [0.15, 0.2) is 11.6 Å². The van der Waals surface area contributed by atoms with Crippen molar-refractivity contribution < 1.29 is 9.47 Å². The Bertz CT molecular complexity index is 394. The van der Waals surface area contributed by atoms with Crippen LogP contribution in [0, 0.1) is 5.41 Å². The van der Waals surface area contributed by atoms with Gasteiger partial charge in [-0.3, -0.25) is 4.90 Å². The first-order chi connectivity index (χ1) is 9.32. The highest BCUT2D eigenvalue weighted by Gasteiger charge is 2.45. The standard InChI is InChI=1S/C14H22N2O2S/c1-17-11-14-4-2-7-18-12(14)3-6-16(10-14)9-13-15-5-8-19-13/h5,8,12H,2-4,6-7,9-11H2,1H3/t12-,14+/m1/s1. The summed E-state index contributed by atoms with van der Waals surface area (Å²) in [6.07, 6.45) is 5.77. The smallest absolute Gasteiger partial charge is 0.107 e. The number of hydrogen-bond donors (Lipinski definition) is 0. The zero-order valence-electron chi connectivity index (χ0n) is 11.5. The van der Waals surface area contributed by atoms with E-state index in [1.54, 1.807) is 18.4 Å². The highest BCUT2D eigenvalue weighted by atomic mass is 32.1. The van der Waals surface area contributed by atoms with Gasteiger partial charge in [-0.2, -0.15) is 0 Å². The molecule has 0 N–H and O–H groups in total. The average molecular weight is 282 g/mol. The first-order valence-electron chi connectivity index (χ1n) is 7.04. The summed E-state index contributed by atoms with van der Waals surface area (Å²) in [5, 5.41) is 3.26. The predicted octanol–water partition coefficient (Wildman–Crippen LogP) is 2.16. The van der Waals surface area contributed by atoms with Gasteiger partial charge in [-0.1, -0.05) is 0 Å². The molecule has 2 aliphatic heterocycles. The summed E-state index contributed by atoms with van der Waals surface area (Å²) < 4.78 is 11.5. The molecule has 2 saturated heterocycles. The molecule has 3 rings (SSSR count). The molecule has 1 aromatic rings. The van der Waals surface area contributed by atoms with Crippen molar-refractivity contribution in [2.24, 2.45) is 5.41 Å². The third-order valence-corrected chi connectivity index (χ3v) is 5.11. The first-order valence-corrected chi connectivity index (χ1v) is 7.92. The van der Waals surface area contributed by atoms with E-state index >= 15 is 0 Å². The summed E-state index contributed by atoms with van der Waals surface area (Å²) in [6.45, 7) is 4.88. The van der Waals surface area contributed by atoms with Crippen LogP contribution in [-0.2, 0) is 16.0 Å². The maximum absolute atomic E-state index is 6.00. The monoisotopic (exact) mass is 282 g/mol. The van der Waals surface area contributed by atoms with Crippen LogP contribution in [0.5, 0.6) is 0 Å². The Hall–Kier alpha value is -0.490. The molecule has 5 heteroatoms. The molecule has 3 heterocycles. The minimum Gasteiger partial charge on any atom is -0.384 e. The van der Waals surface area contributed by atoms with E-state index in [0.29, 0.717) is 6.10 Å². The number of methoxy groups -OCH3 is 1. The molecule has 0 amide bonds. The fourth-order valence-corrected chi connectivity index (χ4v) is 4.20. The van der Waals surface area contributed by atoms with E-state index < -0.39 is 0 Å². The van der Waals surface area contributed by atoms with Crippen molar-refractivity contribution in [3.63, 3.8) is 0 Å². The van der Waals surface area contributed by atoms with E-state index in [9.17, 15) is 0 Å². The maximum atomic E-state index is 6.00. The molecule has 2 atom stereocenters.